The molecule has 12 heteroatoms. The Labute approximate surface area is 311 Å². The molecule has 0 radical (unpaired) electrons. The molecule has 2 saturated heterocycles. The molecule has 1 amide bonds. The molecule has 2 atom stereocenters. The summed E-state index contributed by atoms with van der Waals surface area (Å²) in [5, 5.41) is 23.3. The first kappa shape index (κ1) is 35.3. The first-order valence-electron chi connectivity index (χ1n) is 17.0. The van der Waals surface area contributed by atoms with Crippen LogP contribution in [0.4, 0.5) is 0 Å². The average molecular weight is 747 g/mol. The van der Waals surface area contributed by atoms with Crippen LogP contribution in [0.15, 0.2) is 72.9 Å². The Morgan fingerprint density at radius 2 is 1.75 bits per heavy atom. The SMILES string of the molecule is COc1cc(Cn2ncc3c(-c4cccc(-c5ccc(CNCC6CCC(=O)N6)cc5Cl)c4Cl)cccc32)c(Cl)cc1CN1CCC(C(=O)O)C1. The highest BCUT2D eigenvalue weighted by molar-refractivity contribution is 6.38. The molecule has 2 aliphatic rings. The lowest BCUT2D eigenvalue weighted by molar-refractivity contribution is -0.141. The zero-order valence-electron chi connectivity index (χ0n) is 28.1. The number of rotatable bonds is 12. The molecule has 0 spiro atoms. The number of amides is 1. The summed E-state index contributed by atoms with van der Waals surface area (Å²) < 4.78 is 7.67. The predicted molar refractivity (Wildman–Crippen MR) is 202 cm³/mol. The number of fused-ring (bicyclic) bond motifs is 1. The van der Waals surface area contributed by atoms with E-state index in [1.165, 1.54) is 0 Å². The third-order valence-corrected chi connectivity index (χ3v) is 11.0. The number of benzene rings is 4. The highest BCUT2D eigenvalue weighted by Crippen LogP contribution is 2.41. The average Bonchev–Trinajstić information content (AvgIpc) is 3.87. The van der Waals surface area contributed by atoms with E-state index in [4.69, 9.17) is 44.6 Å². The number of nitrogens with zero attached hydrogens (tertiary/aromatic N) is 3. The van der Waals surface area contributed by atoms with Crippen molar-refractivity contribution in [2.24, 2.45) is 5.92 Å². The van der Waals surface area contributed by atoms with E-state index in [1.807, 2.05) is 77.6 Å². The number of hydrogen-bond donors (Lipinski definition) is 3. The van der Waals surface area contributed by atoms with Crippen LogP contribution in [0.25, 0.3) is 33.2 Å². The second kappa shape index (κ2) is 15.2. The van der Waals surface area contributed by atoms with Crippen LogP contribution in [0, 0.1) is 5.92 Å². The first-order chi connectivity index (χ1) is 24.7. The fourth-order valence-corrected chi connectivity index (χ4v) is 8.05. The summed E-state index contributed by atoms with van der Waals surface area (Å²) >= 11 is 20.8. The topological polar surface area (TPSA) is 109 Å². The molecule has 1 aromatic heterocycles. The second-order valence-electron chi connectivity index (χ2n) is 13.3. The van der Waals surface area contributed by atoms with Crippen LogP contribution in [0.3, 0.4) is 0 Å². The summed E-state index contributed by atoms with van der Waals surface area (Å²) in [5.74, 6) is -0.288. The molecule has 7 rings (SSSR count). The first-order valence-corrected chi connectivity index (χ1v) is 18.1. The molecule has 2 aliphatic heterocycles. The Balaban J connectivity index is 1.10. The van der Waals surface area contributed by atoms with Crippen molar-refractivity contribution in [3.63, 3.8) is 0 Å². The minimum Gasteiger partial charge on any atom is -0.496 e. The van der Waals surface area contributed by atoms with Crippen molar-refractivity contribution < 1.29 is 19.4 Å². The van der Waals surface area contributed by atoms with E-state index < -0.39 is 5.97 Å². The molecule has 2 fully saturated rings. The Morgan fingerprint density at radius 3 is 2.47 bits per heavy atom. The van der Waals surface area contributed by atoms with Crippen LogP contribution in [0.2, 0.25) is 15.1 Å². The lowest BCUT2D eigenvalue weighted by Crippen LogP contribution is -2.35. The largest absolute Gasteiger partial charge is 0.496 e. The molecule has 3 N–H and O–H groups in total. The lowest BCUT2D eigenvalue weighted by atomic mass is 9.96. The normalized spacial score (nSPS) is 17.7. The van der Waals surface area contributed by atoms with Gasteiger partial charge in [0.2, 0.25) is 5.91 Å². The summed E-state index contributed by atoms with van der Waals surface area (Å²) in [5.41, 5.74) is 7.25. The molecular formula is C39H38Cl3N5O4. The number of carbonyl (C=O) groups is 2. The van der Waals surface area contributed by atoms with E-state index in [0.29, 0.717) is 66.4 Å². The van der Waals surface area contributed by atoms with Gasteiger partial charge in [0.15, 0.2) is 0 Å². The summed E-state index contributed by atoms with van der Waals surface area (Å²) in [7, 11) is 1.63. The number of carbonyl (C=O) groups excluding carboxylic acids is 1. The maximum absolute atomic E-state index is 11.5. The van der Waals surface area contributed by atoms with Crippen LogP contribution in [-0.4, -0.2) is 64.4 Å². The van der Waals surface area contributed by atoms with E-state index in [0.717, 1.165) is 62.8 Å². The Bertz CT molecular complexity index is 2120. The molecule has 0 bridgehead atoms. The Morgan fingerprint density at radius 1 is 0.961 bits per heavy atom. The Kier molecular flexibility index (Phi) is 10.5. The molecule has 5 aromatic rings. The van der Waals surface area contributed by atoms with Gasteiger partial charge in [-0.2, -0.15) is 5.10 Å². The van der Waals surface area contributed by atoms with E-state index >= 15 is 0 Å². The van der Waals surface area contributed by atoms with Gasteiger partial charge >= 0.3 is 5.97 Å². The third kappa shape index (κ3) is 7.59. The highest BCUT2D eigenvalue weighted by atomic mass is 35.5. The molecule has 264 valence electrons. The molecule has 0 saturated carbocycles. The van der Waals surface area contributed by atoms with Gasteiger partial charge in [0.1, 0.15) is 5.75 Å². The van der Waals surface area contributed by atoms with Gasteiger partial charge in [0.25, 0.3) is 0 Å². The van der Waals surface area contributed by atoms with Gasteiger partial charge in [-0.1, -0.05) is 77.3 Å². The number of aromatic nitrogens is 2. The Hall–Kier alpha value is -4.12. The number of hydrogen-bond acceptors (Lipinski definition) is 6. The van der Waals surface area contributed by atoms with Crippen molar-refractivity contribution in [3.8, 4) is 28.0 Å². The van der Waals surface area contributed by atoms with Crippen molar-refractivity contribution in [2.45, 2.75) is 44.9 Å². The monoisotopic (exact) mass is 745 g/mol. The summed E-state index contributed by atoms with van der Waals surface area (Å²) in [4.78, 5) is 25.1. The van der Waals surface area contributed by atoms with Crippen molar-refractivity contribution in [2.75, 3.05) is 26.7 Å². The van der Waals surface area contributed by atoms with E-state index in [2.05, 4.69) is 15.5 Å². The number of carboxylic acid groups (broad SMARTS) is 1. The molecule has 9 nitrogen and oxygen atoms in total. The number of nitrogens with one attached hydrogen (secondary N) is 2. The summed E-state index contributed by atoms with van der Waals surface area (Å²) in [6.07, 6.45) is 3.93. The highest BCUT2D eigenvalue weighted by Gasteiger charge is 2.29. The van der Waals surface area contributed by atoms with Gasteiger partial charge in [-0.25, -0.2) is 0 Å². The second-order valence-corrected chi connectivity index (χ2v) is 14.5. The van der Waals surface area contributed by atoms with E-state index in [-0.39, 0.29) is 17.9 Å². The van der Waals surface area contributed by atoms with Crippen LogP contribution in [0.1, 0.15) is 36.0 Å². The van der Waals surface area contributed by atoms with Gasteiger partial charge in [-0.05, 0) is 60.3 Å². The van der Waals surface area contributed by atoms with Crippen LogP contribution in [-0.2, 0) is 29.2 Å². The van der Waals surface area contributed by atoms with E-state index in [9.17, 15) is 14.7 Å². The lowest BCUT2D eigenvalue weighted by Gasteiger charge is -2.19. The molecule has 0 aliphatic carbocycles. The molecule has 51 heavy (non-hydrogen) atoms. The van der Waals surface area contributed by atoms with Crippen molar-refractivity contribution in [3.05, 3.63) is 105 Å². The van der Waals surface area contributed by atoms with Gasteiger partial charge in [0, 0.05) is 76.3 Å². The number of ether oxygens (including phenoxy) is 1. The minimum atomic E-state index is -0.754. The molecular weight excluding hydrogens is 709 g/mol. The molecule has 4 aromatic carbocycles. The minimum absolute atomic E-state index is 0.111. The maximum Gasteiger partial charge on any atom is 0.307 e. The quantitative estimate of drug-likeness (QED) is 0.120. The summed E-state index contributed by atoms with van der Waals surface area (Å²) in [6.45, 7) is 3.57. The number of carboxylic acids is 1. The predicted octanol–water partition coefficient (Wildman–Crippen LogP) is 7.66. The van der Waals surface area contributed by atoms with Gasteiger partial charge < -0.3 is 20.5 Å². The van der Waals surface area contributed by atoms with Crippen LogP contribution < -0.4 is 15.4 Å². The zero-order valence-corrected chi connectivity index (χ0v) is 30.4. The van der Waals surface area contributed by atoms with E-state index in [1.54, 1.807) is 7.11 Å². The number of likely N-dealkylation sites (tertiary alicyclic amines) is 1. The number of aliphatic carboxylic acids is 1. The standard InChI is InChI=1S/C39H38Cl3N5O4/c1-51-36-16-25(33(40)15-26(36)21-46-13-12-24(20-46)39(49)50)22-47-35-7-3-4-28(32(35)19-44-47)30-5-2-6-31(38(30)42)29-10-8-23(14-34(29)41)17-43-18-27-9-11-37(48)45-27/h2-8,10,14-16,19,24,27,43H,9,11-13,17-18,20-22H2,1H3,(H,45,48)(H,49,50). The smallest absolute Gasteiger partial charge is 0.307 e. The molecule has 3 heterocycles. The van der Waals surface area contributed by atoms with Crippen molar-refractivity contribution in [1.82, 2.24) is 25.3 Å². The van der Waals surface area contributed by atoms with Crippen molar-refractivity contribution in [1.29, 1.82) is 0 Å². The summed E-state index contributed by atoms with van der Waals surface area (Å²) in [6, 6.07) is 22.1. The third-order valence-electron chi connectivity index (χ3n) is 9.89. The van der Waals surface area contributed by atoms with Crippen LogP contribution >= 0.6 is 34.8 Å². The van der Waals surface area contributed by atoms with Gasteiger partial charge in [-0.3, -0.25) is 19.2 Å². The van der Waals surface area contributed by atoms with Gasteiger partial charge in [0.05, 0.1) is 36.3 Å². The maximum atomic E-state index is 11.5. The van der Waals surface area contributed by atoms with Gasteiger partial charge in [-0.15, -0.1) is 0 Å². The molecule has 2 unspecified atom stereocenters. The van der Waals surface area contributed by atoms with Crippen LogP contribution in [0.5, 0.6) is 5.75 Å². The fourth-order valence-electron chi connectivity index (χ4n) is 7.17. The fraction of sp³-hybridized carbons (Fsp3) is 0.308. The van der Waals surface area contributed by atoms with Crippen molar-refractivity contribution >= 4 is 57.6 Å². The zero-order chi connectivity index (χ0) is 35.6. The number of halogens is 3. The number of methoxy groups -OCH3 is 1.